The van der Waals surface area contributed by atoms with E-state index in [2.05, 4.69) is 57.2 Å². The van der Waals surface area contributed by atoms with E-state index in [1.54, 1.807) is 0 Å². The van der Waals surface area contributed by atoms with E-state index in [1.807, 2.05) is 0 Å². The molecule has 1 unspecified atom stereocenters. The largest absolute Gasteiger partial charge is 0.462 e. The van der Waals surface area contributed by atoms with Gasteiger partial charge in [0.1, 0.15) is 13.2 Å². The summed E-state index contributed by atoms with van der Waals surface area (Å²) in [6.07, 6.45) is 84.8. The number of ether oxygens (including phenoxy) is 3. The number of esters is 3. The van der Waals surface area contributed by atoms with Crippen molar-refractivity contribution < 1.29 is 28.6 Å². The molecular weight excluding hydrogens is 973 g/mol. The highest BCUT2D eigenvalue weighted by Gasteiger charge is 2.19. The predicted molar refractivity (Wildman–Crippen MR) is 344 cm³/mol. The van der Waals surface area contributed by atoms with Gasteiger partial charge in [-0.3, -0.25) is 14.4 Å². The molecule has 1 atom stereocenters. The summed E-state index contributed by atoms with van der Waals surface area (Å²) in [5, 5.41) is 0. The van der Waals surface area contributed by atoms with Crippen LogP contribution in [0, 0.1) is 0 Å². The van der Waals surface area contributed by atoms with Gasteiger partial charge in [-0.15, -0.1) is 0 Å². The standard InChI is InChI=1S/C73H136O6/c1-4-7-10-13-16-19-22-25-27-29-30-31-32-33-34-35-36-37-38-39-40-41-42-43-44-46-48-51-54-57-60-63-66-72(75)78-69-70(68-77-71(74)65-62-59-56-53-50-47-24-21-18-15-12-9-6-3)79-73(76)67-64-61-58-55-52-49-45-28-26-23-20-17-14-11-8-5-2/h12,15,21,24,28,45,70H,4-11,13-14,16-20,22-23,25-27,29-44,46-69H2,1-3H3/b15-12-,24-21-,45-28-. The van der Waals surface area contributed by atoms with E-state index in [4.69, 9.17) is 14.2 Å². The van der Waals surface area contributed by atoms with Gasteiger partial charge in [-0.05, 0) is 70.6 Å². The van der Waals surface area contributed by atoms with Crippen molar-refractivity contribution in [2.45, 2.75) is 399 Å². The fourth-order valence-electron chi connectivity index (χ4n) is 10.8. The molecule has 464 valence electrons. The number of unbranched alkanes of at least 4 members (excludes halogenated alkanes) is 49. The van der Waals surface area contributed by atoms with Crippen LogP contribution >= 0.6 is 0 Å². The Morgan fingerprint density at radius 3 is 0.759 bits per heavy atom. The molecule has 0 N–H and O–H groups in total. The van der Waals surface area contributed by atoms with Gasteiger partial charge in [0.2, 0.25) is 0 Å². The van der Waals surface area contributed by atoms with E-state index in [0.29, 0.717) is 19.3 Å². The van der Waals surface area contributed by atoms with E-state index in [9.17, 15) is 14.4 Å². The number of rotatable bonds is 66. The number of allylic oxidation sites excluding steroid dienone is 6. The summed E-state index contributed by atoms with van der Waals surface area (Å²) in [7, 11) is 0. The van der Waals surface area contributed by atoms with Gasteiger partial charge in [-0.1, -0.05) is 340 Å². The van der Waals surface area contributed by atoms with Crippen molar-refractivity contribution in [3.05, 3.63) is 36.5 Å². The van der Waals surface area contributed by atoms with Crippen LogP contribution in [0.4, 0.5) is 0 Å². The second-order valence-corrected chi connectivity index (χ2v) is 24.1. The van der Waals surface area contributed by atoms with Crippen molar-refractivity contribution in [1.82, 2.24) is 0 Å². The summed E-state index contributed by atoms with van der Waals surface area (Å²) in [6, 6.07) is 0. The average Bonchev–Trinajstić information content (AvgIpc) is 3.45. The molecule has 0 radical (unpaired) electrons. The van der Waals surface area contributed by atoms with Crippen molar-refractivity contribution in [2.24, 2.45) is 0 Å². The lowest BCUT2D eigenvalue weighted by atomic mass is 10.0. The molecule has 0 bridgehead atoms. The summed E-state index contributed by atoms with van der Waals surface area (Å²) in [5.74, 6) is -0.875. The fourth-order valence-corrected chi connectivity index (χ4v) is 10.8. The van der Waals surface area contributed by atoms with Gasteiger partial charge in [0.15, 0.2) is 6.10 Å². The average molecular weight is 1110 g/mol. The number of carbonyl (C=O) groups excluding carboxylic acids is 3. The quantitative estimate of drug-likeness (QED) is 0.0261. The van der Waals surface area contributed by atoms with Gasteiger partial charge < -0.3 is 14.2 Å². The van der Waals surface area contributed by atoms with Crippen molar-refractivity contribution in [1.29, 1.82) is 0 Å². The Hall–Kier alpha value is -2.37. The second-order valence-electron chi connectivity index (χ2n) is 24.1. The fraction of sp³-hybridized carbons (Fsp3) is 0.877. The normalized spacial score (nSPS) is 12.2. The molecule has 0 aliphatic carbocycles. The van der Waals surface area contributed by atoms with Crippen molar-refractivity contribution in [3.8, 4) is 0 Å². The van der Waals surface area contributed by atoms with Gasteiger partial charge >= 0.3 is 17.9 Å². The lowest BCUT2D eigenvalue weighted by molar-refractivity contribution is -0.167. The van der Waals surface area contributed by atoms with E-state index < -0.39 is 6.10 Å². The number of hydrogen-bond acceptors (Lipinski definition) is 6. The first-order valence-electron chi connectivity index (χ1n) is 35.5. The highest BCUT2D eigenvalue weighted by atomic mass is 16.6. The van der Waals surface area contributed by atoms with Crippen LogP contribution in [0.1, 0.15) is 393 Å². The molecule has 0 amide bonds. The molecular formula is C73H136O6. The summed E-state index contributed by atoms with van der Waals surface area (Å²) in [4.78, 5) is 38.3. The topological polar surface area (TPSA) is 78.9 Å². The van der Waals surface area contributed by atoms with E-state index in [0.717, 1.165) is 89.9 Å². The van der Waals surface area contributed by atoms with Crippen LogP contribution in [-0.2, 0) is 28.6 Å². The summed E-state index contributed by atoms with van der Waals surface area (Å²) < 4.78 is 16.9. The van der Waals surface area contributed by atoms with Crippen LogP contribution in [0.25, 0.3) is 0 Å². The minimum Gasteiger partial charge on any atom is -0.462 e. The Morgan fingerprint density at radius 1 is 0.253 bits per heavy atom. The van der Waals surface area contributed by atoms with Crippen molar-refractivity contribution >= 4 is 17.9 Å². The monoisotopic (exact) mass is 1110 g/mol. The third kappa shape index (κ3) is 66.3. The zero-order chi connectivity index (χ0) is 57.1. The summed E-state index contributed by atoms with van der Waals surface area (Å²) in [5.41, 5.74) is 0. The van der Waals surface area contributed by atoms with Gasteiger partial charge in [0.05, 0.1) is 0 Å². The molecule has 0 aromatic rings. The van der Waals surface area contributed by atoms with E-state index >= 15 is 0 Å². The molecule has 6 nitrogen and oxygen atoms in total. The van der Waals surface area contributed by atoms with E-state index in [1.165, 1.54) is 263 Å². The minimum absolute atomic E-state index is 0.0760. The van der Waals surface area contributed by atoms with Gasteiger partial charge in [0, 0.05) is 19.3 Å². The van der Waals surface area contributed by atoms with E-state index in [-0.39, 0.29) is 31.1 Å². The van der Waals surface area contributed by atoms with Crippen LogP contribution < -0.4 is 0 Å². The Bertz CT molecular complexity index is 1320. The maximum atomic E-state index is 12.9. The molecule has 0 rings (SSSR count). The van der Waals surface area contributed by atoms with Crippen molar-refractivity contribution in [2.75, 3.05) is 13.2 Å². The molecule has 0 heterocycles. The SMILES string of the molecule is CCC/C=C\C/C=C\CCCCCCCC(=O)OCC(COC(=O)CCCCCCCCCCCCCCCCCCCCCCCCCCCCCCCCCC)OC(=O)CCCCCCC/C=C\CCCCCCCCC. The third-order valence-electron chi connectivity index (χ3n) is 16.1. The summed E-state index contributed by atoms with van der Waals surface area (Å²) >= 11 is 0. The smallest absolute Gasteiger partial charge is 0.306 e. The number of hydrogen-bond donors (Lipinski definition) is 0. The van der Waals surface area contributed by atoms with Crippen LogP contribution in [-0.4, -0.2) is 37.2 Å². The molecule has 0 aliphatic rings. The maximum absolute atomic E-state index is 12.9. The van der Waals surface area contributed by atoms with Crippen LogP contribution in [0.5, 0.6) is 0 Å². The first kappa shape index (κ1) is 76.6. The lowest BCUT2D eigenvalue weighted by Crippen LogP contribution is -2.30. The zero-order valence-electron chi connectivity index (χ0n) is 53.4. The molecule has 0 aromatic carbocycles. The highest BCUT2D eigenvalue weighted by molar-refractivity contribution is 5.71. The van der Waals surface area contributed by atoms with Crippen LogP contribution in [0.15, 0.2) is 36.5 Å². The van der Waals surface area contributed by atoms with Gasteiger partial charge in [-0.25, -0.2) is 0 Å². The number of carbonyl (C=O) groups is 3. The maximum Gasteiger partial charge on any atom is 0.306 e. The molecule has 0 saturated carbocycles. The molecule has 0 spiro atoms. The van der Waals surface area contributed by atoms with Crippen LogP contribution in [0.3, 0.4) is 0 Å². The Morgan fingerprint density at radius 2 is 0.481 bits per heavy atom. The minimum atomic E-state index is -0.781. The third-order valence-corrected chi connectivity index (χ3v) is 16.1. The predicted octanol–water partition coefficient (Wildman–Crippen LogP) is 24.3. The molecule has 0 aromatic heterocycles. The highest BCUT2D eigenvalue weighted by Crippen LogP contribution is 2.19. The van der Waals surface area contributed by atoms with Crippen LogP contribution in [0.2, 0.25) is 0 Å². The lowest BCUT2D eigenvalue weighted by Gasteiger charge is -2.18. The first-order chi connectivity index (χ1) is 39.0. The Balaban J connectivity index is 4.10. The first-order valence-corrected chi connectivity index (χ1v) is 35.5. The zero-order valence-corrected chi connectivity index (χ0v) is 53.4. The molecule has 0 aliphatic heterocycles. The van der Waals surface area contributed by atoms with Gasteiger partial charge in [0.25, 0.3) is 0 Å². The molecule has 0 fully saturated rings. The van der Waals surface area contributed by atoms with Gasteiger partial charge in [-0.2, -0.15) is 0 Å². The van der Waals surface area contributed by atoms with Crippen molar-refractivity contribution in [3.63, 3.8) is 0 Å². The molecule has 79 heavy (non-hydrogen) atoms. The molecule has 6 heteroatoms. The Kier molecular flexibility index (Phi) is 66.1. The molecule has 0 saturated heterocycles. The second kappa shape index (κ2) is 68.1. The summed E-state index contributed by atoms with van der Waals surface area (Å²) in [6.45, 7) is 6.62. The Labute approximate surface area is 493 Å².